The normalized spacial score (nSPS) is 15.6. The molecule has 1 saturated carbocycles. The first-order chi connectivity index (χ1) is 12.2. The minimum Gasteiger partial charge on any atom is -0.360 e. The van der Waals surface area contributed by atoms with Crippen LogP contribution in [-0.4, -0.2) is 23.9 Å². The van der Waals surface area contributed by atoms with Gasteiger partial charge < -0.3 is 10.2 Å². The van der Waals surface area contributed by atoms with Crippen LogP contribution in [0.1, 0.15) is 32.1 Å². The van der Waals surface area contributed by atoms with Crippen LogP contribution in [0.15, 0.2) is 54.2 Å². The number of anilines is 1. The average Bonchev–Trinajstić information content (AvgIpc) is 2.68. The summed E-state index contributed by atoms with van der Waals surface area (Å²) >= 11 is 0. The highest BCUT2D eigenvalue weighted by Gasteiger charge is 2.24. The minimum atomic E-state index is -0.206. The summed E-state index contributed by atoms with van der Waals surface area (Å²) in [4.78, 5) is 14.3. The molecule has 0 heterocycles. The lowest BCUT2D eigenvalue weighted by Gasteiger charge is -2.31. The van der Waals surface area contributed by atoms with E-state index >= 15 is 0 Å². The van der Waals surface area contributed by atoms with Gasteiger partial charge in [0.05, 0.1) is 0 Å². The van der Waals surface area contributed by atoms with E-state index in [1.54, 1.807) is 11.9 Å². The molecule has 0 radical (unpaired) electrons. The maximum atomic E-state index is 12.6. The summed E-state index contributed by atoms with van der Waals surface area (Å²) in [7, 11) is 1.81. The number of nitrogens with one attached hydrogen (secondary N) is 1. The lowest BCUT2D eigenvalue weighted by molar-refractivity contribution is -0.128. The number of carbonyl (C=O) groups excluding carboxylic acids is 1. The molecule has 1 amide bonds. The van der Waals surface area contributed by atoms with Crippen molar-refractivity contribution in [3.8, 4) is 6.07 Å². The zero-order valence-corrected chi connectivity index (χ0v) is 14.5. The first-order valence-corrected chi connectivity index (χ1v) is 8.82. The van der Waals surface area contributed by atoms with Gasteiger partial charge in [0.25, 0.3) is 5.91 Å². The van der Waals surface area contributed by atoms with Crippen molar-refractivity contribution in [1.29, 1.82) is 5.26 Å². The molecule has 25 heavy (non-hydrogen) atoms. The molecule has 1 fully saturated rings. The molecule has 4 nitrogen and oxygen atoms in total. The van der Waals surface area contributed by atoms with Gasteiger partial charge in [-0.05, 0) is 35.7 Å². The lowest BCUT2D eigenvalue weighted by Crippen LogP contribution is -2.39. The highest BCUT2D eigenvalue weighted by Crippen LogP contribution is 2.23. The van der Waals surface area contributed by atoms with Crippen molar-refractivity contribution in [2.24, 2.45) is 0 Å². The Kier molecular flexibility index (Phi) is 5.35. The van der Waals surface area contributed by atoms with Gasteiger partial charge in [0.15, 0.2) is 0 Å². The maximum absolute atomic E-state index is 12.6. The molecule has 0 atom stereocenters. The lowest BCUT2D eigenvalue weighted by atomic mass is 9.94. The number of hydrogen-bond donors (Lipinski definition) is 1. The summed E-state index contributed by atoms with van der Waals surface area (Å²) in [5.74, 6) is -0.206. The van der Waals surface area contributed by atoms with Crippen LogP contribution in [0.5, 0.6) is 0 Å². The second-order valence-corrected chi connectivity index (χ2v) is 6.58. The summed E-state index contributed by atoms with van der Waals surface area (Å²) < 4.78 is 0. The molecule has 3 rings (SSSR count). The van der Waals surface area contributed by atoms with Gasteiger partial charge in [-0.15, -0.1) is 0 Å². The van der Waals surface area contributed by atoms with Gasteiger partial charge in [-0.1, -0.05) is 49.6 Å². The number of rotatable bonds is 4. The van der Waals surface area contributed by atoms with Crippen LogP contribution in [0.4, 0.5) is 5.69 Å². The molecule has 0 saturated heterocycles. The Morgan fingerprint density at radius 1 is 1.16 bits per heavy atom. The number of carbonyl (C=O) groups is 1. The van der Waals surface area contributed by atoms with Crippen LogP contribution in [0, 0.1) is 11.3 Å². The Balaban J connectivity index is 1.72. The second-order valence-electron chi connectivity index (χ2n) is 6.58. The third kappa shape index (κ3) is 4.00. The summed E-state index contributed by atoms with van der Waals surface area (Å²) in [5.41, 5.74) is 1.00. The summed E-state index contributed by atoms with van der Waals surface area (Å²) in [6.07, 6.45) is 7.12. The van der Waals surface area contributed by atoms with Gasteiger partial charge in [0, 0.05) is 25.0 Å². The molecule has 4 heteroatoms. The quantitative estimate of drug-likeness (QED) is 0.664. The van der Waals surface area contributed by atoms with Gasteiger partial charge in [0.2, 0.25) is 0 Å². The minimum absolute atomic E-state index is 0.140. The zero-order valence-electron chi connectivity index (χ0n) is 14.5. The van der Waals surface area contributed by atoms with Gasteiger partial charge >= 0.3 is 0 Å². The van der Waals surface area contributed by atoms with Crippen LogP contribution >= 0.6 is 0 Å². The summed E-state index contributed by atoms with van der Waals surface area (Å²) in [5, 5.41) is 14.8. The number of nitrogens with zero attached hydrogens (tertiary/aromatic N) is 2. The molecule has 0 unspecified atom stereocenters. The predicted octanol–water partition coefficient (Wildman–Crippen LogP) is 4.45. The number of fused-ring (bicyclic) bond motifs is 1. The third-order valence-corrected chi connectivity index (χ3v) is 4.93. The first-order valence-electron chi connectivity index (χ1n) is 8.82. The van der Waals surface area contributed by atoms with E-state index < -0.39 is 0 Å². The highest BCUT2D eigenvalue weighted by atomic mass is 16.2. The van der Waals surface area contributed by atoms with Crippen LogP contribution in [0.25, 0.3) is 10.8 Å². The number of likely N-dealkylation sites (N-methyl/N-ethyl adjacent to an activating group) is 1. The van der Waals surface area contributed by atoms with Gasteiger partial charge in [-0.2, -0.15) is 5.26 Å². The van der Waals surface area contributed by atoms with Crippen molar-refractivity contribution < 1.29 is 4.79 Å². The largest absolute Gasteiger partial charge is 0.360 e. The molecule has 1 aliphatic rings. The van der Waals surface area contributed by atoms with E-state index in [0.717, 1.165) is 42.1 Å². The average molecular weight is 333 g/mol. The number of benzene rings is 2. The van der Waals surface area contributed by atoms with E-state index in [1.807, 2.05) is 42.5 Å². The Morgan fingerprint density at radius 2 is 1.88 bits per heavy atom. The Labute approximate surface area is 148 Å². The van der Waals surface area contributed by atoms with E-state index in [2.05, 4.69) is 11.4 Å². The van der Waals surface area contributed by atoms with Crippen molar-refractivity contribution in [3.05, 3.63) is 54.2 Å². The standard InChI is InChI=1S/C21H23N3O/c1-24(20-9-3-2-4-10-20)21(25)18(14-22)15-23-19-12-11-16-7-5-6-8-17(16)13-19/h5-8,11-13,15,20,23H,2-4,9-10H2,1H3/b18-15-. The van der Waals surface area contributed by atoms with E-state index in [1.165, 1.54) is 12.6 Å². The summed E-state index contributed by atoms with van der Waals surface area (Å²) in [6.45, 7) is 0. The Bertz CT molecular complexity index is 828. The Hall–Kier alpha value is -2.80. The van der Waals surface area contributed by atoms with E-state index in [9.17, 15) is 10.1 Å². The van der Waals surface area contributed by atoms with Crippen LogP contribution in [-0.2, 0) is 4.79 Å². The SMILES string of the molecule is CN(C(=O)/C(C#N)=C\Nc1ccc2ccccc2c1)C1CCCCC1. The van der Waals surface area contributed by atoms with Crippen LogP contribution in [0.3, 0.4) is 0 Å². The molecule has 1 N–H and O–H groups in total. The molecule has 128 valence electrons. The van der Waals surface area contributed by atoms with E-state index in [0.29, 0.717) is 0 Å². The zero-order chi connectivity index (χ0) is 17.6. The second kappa shape index (κ2) is 7.85. The van der Waals surface area contributed by atoms with Crippen LogP contribution in [0.2, 0.25) is 0 Å². The van der Waals surface area contributed by atoms with Crippen molar-refractivity contribution in [3.63, 3.8) is 0 Å². The van der Waals surface area contributed by atoms with E-state index in [4.69, 9.17) is 0 Å². The number of hydrogen-bond acceptors (Lipinski definition) is 3. The smallest absolute Gasteiger partial charge is 0.266 e. The van der Waals surface area contributed by atoms with Gasteiger partial charge in [0.1, 0.15) is 11.6 Å². The van der Waals surface area contributed by atoms with Crippen molar-refractivity contribution in [1.82, 2.24) is 4.90 Å². The predicted molar refractivity (Wildman–Crippen MR) is 101 cm³/mol. The molecule has 0 bridgehead atoms. The fourth-order valence-corrected chi connectivity index (χ4v) is 3.40. The molecule has 1 aliphatic carbocycles. The van der Waals surface area contributed by atoms with Gasteiger partial charge in [-0.3, -0.25) is 4.79 Å². The molecule has 0 spiro atoms. The molecule has 0 aromatic heterocycles. The first kappa shape index (κ1) is 17.0. The monoisotopic (exact) mass is 333 g/mol. The maximum Gasteiger partial charge on any atom is 0.266 e. The van der Waals surface area contributed by atoms with Crippen molar-refractivity contribution >= 4 is 22.4 Å². The fourth-order valence-electron chi connectivity index (χ4n) is 3.40. The molecule has 2 aromatic carbocycles. The topological polar surface area (TPSA) is 56.1 Å². The molecular weight excluding hydrogens is 310 g/mol. The number of nitriles is 1. The third-order valence-electron chi connectivity index (χ3n) is 4.93. The summed E-state index contributed by atoms with van der Waals surface area (Å²) in [6, 6.07) is 16.4. The van der Waals surface area contributed by atoms with E-state index in [-0.39, 0.29) is 17.5 Å². The highest BCUT2D eigenvalue weighted by molar-refractivity contribution is 5.97. The molecular formula is C21H23N3O. The number of amides is 1. The van der Waals surface area contributed by atoms with Crippen LogP contribution < -0.4 is 5.32 Å². The fraction of sp³-hybridized carbons (Fsp3) is 0.333. The van der Waals surface area contributed by atoms with Crippen molar-refractivity contribution in [2.75, 3.05) is 12.4 Å². The molecule has 0 aliphatic heterocycles. The van der Waals surface area contributed by atoms with Crippen molar-refractivity contribution in [2.45, 2.75) is 38.1 Å². The molecule has 2 aromatic rings. The van der Waals surface area contributed by atoms with Gasteiger partial charge in [-0.25, -0.2) is 0 Å². The Morgan fingerprint density at radius 3 is 2.60 bits per heavy atom.